The van der Waals surface area contributed by atoms with Crippen molar-refractivity contribution in [2.45, 2.75) is 57.5 Å². The molecule has 1 saturated carbocycles. The zero-order chi connectivity index (χ0) is 19.1. The van der Waals surface area contributed by atoms with Crippen LogP contribution in [0.4, 0.5) is 5.69 Å². The van der Waals surface area contributed by atoms with Gasteiger partial charge >= 0.3 is 0 Å². The lowest BCUT2D eigenvalue weighted by Gasteiger charge is -2.41. The Balaban J connectivity index is 1.49. The first kappa shape index (κ1) is 18.2. The predicted octanol–water partition coefficient (Wildman–Crippen LogP) is 4.99. The summed E-state index contributed by atoms with van der Waals surface area (Å²) in [5, 5.41) is 11.1. The van der Waals surface area contributed by atoms with Gasteiger partial charge in [-0.2, -0.15) is 0 Å². The van der Waals surface area contributed by atoms with E-state index < -0.39 is 5.60 Å². The zero-order valence-corrected chi connectivity index (χ0v) is 16.3. The average molecular weight is 364 g/mol. The lowest BCUT2D eigenvalue weighted by molar-refractivity contribution is -0.131. The van der Waals surface area contributed by atoms with Gasteiger partial charge in [0.25, 0.3) is 0 Å². The highest BCUT2D eigenvalue weighted by atomic mass is 16.3. The lowest BCUT2D eigenvalue weighted by atomic mass is 9.66. The quantitative estimate of drug-likeness (QED) is 0.834. The lowest BCUT2D eigenvalue weighted by Crippen LogP contribution is -2.42. The highest BCUT2D eigenvalue weighted by Crippen LogP contribution is 2.51. The molecule has 142 valence electrons. The molecule has 3 nitrogen and oxygen atoms in total. The van der Waals surface area contributed by atoms with Gasteiger partial charge in [0.1, 0.15) is 0 Å². The van der Waals surface area contributed by atoms with E-state index in [4.69, 9.17) is 0 Å². The molecule has 0 atom stereocenters. The van der Waals surface area contributed by atoms with Crippen LogP contribution in [0.5, 0.6) is 0 Å². The molecule has 0 unspecified atom stereocenters. The minimum atomic E-state index is -0.793. The molecular formula is C24H29NO2. The van der Waals surface area contributed by atoms with Crippen molar-refractivity contribution in [2.75, 3.05) is 11.4 Å². The van der Waals surface area contributed by atoms with Gasteiger partial charge in [-0.1, -0.05) is 56.3 Å². The normalized spacial score (nSPS) is 28.3. The molecule has 1 aliphatic carbocycles. The fourth-order valence-electron chi connectivity index (χ4n) is 4.75. The maximum Gasteiger partial charge on any atom is 0.233 e. The van der Waals surface area contributed by atoms with E-state index in [9.17, 15) is 9.90 Å². The molecule has 2 fully saturated rings. The van der Waals surface area contributed by atoms with Crippen LogP contribution >= 0.6 is 0 Å². The maximum absolute atomic E-state index is 13.3. The summed E-state index contributed by atoms with van der Waals surface area (Å²) in [4.78, 5) is 15.2. The summed E-state index contributed by atoms with van der Waals surface area (Å²) >= 11 is 0. The molecule has 0 aromatic heterocycles. The van der Waals surface area contributed by atoms with Crippen LogP contribution in [-0.2, 0) is 10.4 Å². The second-order valence-corrected chi connectivity index (χ2v) is 8.63. The van der Waals surface area contributed by atoms with Gasteiger partial charge in [-0.25, -0.2) is 0 Å². The van der Waals surface area contributed by atoms with Gasteiger partial charge in [0, 0.05) is 12.2 Å². The Labute approximate surface area is 162 Å². The fraction of sp³-hybridized carbons (Fsp3) is 0.458. The van der Waals surface area contributed by atoms with E-state index in [0.717, 1.165) is 37.1 Å². The van der Waals surface area contributed by atoms with Crippen molar-refractivity contribution in [3.8, 4) is 0 Å². The van der Waals surface area contributed by atoms with Crippen molar-refractivity contribution in [3.63, 3.8) is 0 Å². The van der Waals surface area contributed by atoms with E-state index >= 15 is 0 Å². The number of carbonyl (C=O) groups excluding carboxylic acids is 1. The van der Waals surface area contributed by atoms with E-state index in [1.165, 1.54) is 5.56 Å². The minimum absolute atomic E-state index is 0.245. The van der Waals surface area contributed by atoms with E-state index in [0.29, 0.717) is 18.8 Å². The van der Waals surface area contributed by atoms with Crippen molar-refractivity contribution < 1.29 is 9.90 Å². The van der Waals surface area contributed by atoms with Crippen molar-refractivity contribution in [2.24, 2.45) is 5.41 Å². The molecule has 1 aliphatic heterocycles. The molecule has 27 heavy (non-hydrogen) atoms. The maximum atomic E-state index is 13.3. The first-order valence-electron chi connectivity index (χ1n) is 10.1. The van der Waals surface area contributed by atoms with Gasteiger partial charge < -0.3 is 10.0 Å². The molecule has 2 aromatic rings. The number of aliphatic hydroxyl groups is 1. The van der Waals surface area contributed by atoms with Crippen LogP contribution in [0.25, 0.3) is 0 Å². The summed E-state index contributed by atoms with van der Waals surface area (Å²) in [6.45, 7) is 5.14. The fourth-order valence-corrected chi connectivity index (χ4v) is 4.75. The van der Waals surface area contributed by atoms with Gasteiger partial charge in [0.2, 0.25) is 5.91 Å². The molecule has 1 heterocycles. The molecule has 1 spiro atoms. The number of anilines is 1. The minimum Gasteiger partial charge on any atom is -0.385 e. The van der Waals surface area contributed by atoms with Crippen LogP contribution < -0.4 is 4.90 Å². The Morgan fingerprint density at radius 1 is 0.889 bits per heavy atom. The Kier molecular flexibility index (Phi) is 4.59. The third kappa shape index (κ3) is 3.19. The van der Waals surface area contributed by atoms with Crippen molar-refractivity contribution in [3.05, 3.63) is 65.7 Å². The Hall–Kier alpha value is -2.13. The molecule has 1 N–H and O–H groups in total. The molecule has 1 amide bonds. The second kappa shape index (κ2) is 6.79. The van der Waals surface area contributed by atoms with Crippen molar-refractivity contribution in [1.29, 1.82) is 0 Å². The third-order valence-electron chi connectivity index (χ3n) is 6.73. The number of hydrogen-bond donors (Lipinski definition) is 1. The van der Waals surface area contributed by atoms with E-state index in [1.54, 1.807) is 0 Å². The monoisotopic (exact) mass is 363 g/mol. The summed E-state index contributed by atoms with van der Waals surface area (Å²) in [6, 6.07) is 18.3. The number of rotatable bonds is 3. The Morgan fingerprint density at radius 2 is 1.52 bits per heavy atom. The predicted molar refractivity (Wildman–Crippen MR) is 109 cm³/mol. The molecule has 3 heteroatoms. The summed E-state index contributed by atoms with van der Waals surface area (Å²) in [5.74, 6) is 0.739. The van der Waals surface area contributed by atoms with Crippen LogP contribution in [0.15, 0.2) is 54.6 Å². The molecule has 1 saturated heterocycles. The molecule has 0 bridgehead atoms. The van der Waals surface area contributed by atoms with Gasteiger partial charge in [-0.3, -0.25) is 4.79 Å². The van der Waals surface area contributed by atoms with Crippen LogP contribution in [-0.4, -0.2) is 17.6 Å². The molecule has 2 aliphatic rings. The second-order valence-electron chi connectivity index (χ2n) is 8.63. The Bertz CT molecular complexity index is 802. The number of nitrogens with zero attached hydrogens (tertiary/aromatic N) is 1. The molecular weight excluding hydrogens is 334 g/mol. The zero-order valence-electron chi connectivity index (χ0n) is 16.3. The highest BCUT2D eigenvalue weighted by molar-refractivity contribution is 6.00. The van der Waals surface area contributed by atoms with Gasteiger partial charge in [-0.05, 0) is 61.3 Å². The van der Waals surface area contributed by atoms with Gasteiger partial charge in [0.05, 0.1) is 11.0 Å². The molecule has 2 aromatic carbocycles. The van der Waals surface area contributed by atoms with Crippen LogP contribution in [0.3, 0.4) is 0 Å². The van der Waals surface area contributed by atoms with Crippen LogP contribution in [0.2, 0.25) is 0 Å². The van der Waals surface area contributed by atoms with Crippen LogP contribution in [0.1, 0.15) is 63.0 Å². The largest absolute Gasteiger partial charge is 0.385 e. The van der Waals surface area contributed by atoms with Crippen molar-refractivity contribution >= 4 is 11.6 Å². The SMILES string of the molecule is CC(C)c1ccc(N2CCC3(CCC(O)(c4ccccc4)CC3)C2=O)cc1. The standard InChI is InChI=1S/C24H29NO2/c1-18(2)19-8-10-21(11-9-19)25-17-16-23(22(25)26)12-14-24(27,15-13-23)20-6-4-3-5-7-20/h3-11,18,27H,12-17H2,1-2H3. The Morgan fingerprint density at radius 3 is 2.11 bits per heavy atom. The topological polar surface area (TPSA) is 40.5 Å². The van der Waals surface area contributed by atoms with Crippen molar-refractivity contribution in [1.82, 2.24) is 0 Å². The van der Waals surface area contributed by atoms with Crippen LogP contribution in [0, 0.1) is 5.41 Å². The molecule has 4 rings (SSSR count). The number of benzene rings is 2. The smallest absolute Gasteiger partial charge is 0.233 e. The summed E-state index contributed by atoms with van der Waals surface area (Å²) in [5.41, 5.74) is 2.19. The summed E-state index contributed by atoms with van der Waals surface area (Å²) in [7, 11) is 0. The number of amides is 1. The van der Waals surface area contributed by atoms with E-state index in [1.807, 2.05) is 35.2 Å². The van der Waals surface area contributed by atoms with Gasteiger partial charge in [0.15, 0.2) is 0 Å². The molecule has 0 radical (unpaired) electrons. The first-order chi connectivity index (χ1) is 12.9. The van der Waals surface area contributed by atoms with E-state index in [2.05, 4.69) is 38.1 Å². The summed E-state index contributed by atoms with van der Waals surface area (Å²) < 4.78 is 0. The van der Waals surface area contributed by atoms with Gasteiger partial charge in [-0.15, -0.1) is 0 Å². The van der Waals surface area contributed by atoms with E-state index in [-0.39, 0.29) is 11.3 Å². The highest BCUT2D eigenvalue weighted by Gasteiger charge is 2.51. The third-order valence-corrected chi connectivity index (χ3v) is 6.73. The number of carbonyl (C=O) groups is 1. The summed E-state index contributed by atoms with van der Waals surface area (Å²) in [6.07, 6.45) is 3.73. The first-order valence-corrected chi connectivity index (χ1v) is 10.1. The average Bonchev–Trinajstić information content (AvgIpc) is 3.01. The number of hydrogen-bond acceptors (Lipinski definition) is 2.